The van der Waals surface area contributed by atoms with E-state index < -0.39 is 0 Å². The van der Waals surface area contributed by atoms with Gasteiger partial charge in [0.15, 0.2) is 11.5 Å². The fraction of sp³-hybridized carbons (Fsp3) is 0.333. The third kappa shape index (κ3) is 4.24. The molecule has 0 amide bonds. The largest absolute Gasteiger partial charge is 0.493 e. The van der Waals surface area contributed by atoms with Crippen LogP contribution in [0.3, 0.4) is 0 Å². The van der Waals surface area contributed by atoms with E-state index in [1.807, 2.05) is 25.1 Å². The summed E-state index contributed by atoms with van der Waals surface area (Å²) in [5.74, 6) is 6.79. The summed E-state index contributed by atoms with van der Waals surface area (Å²) in [6.45, 7) is 2.25. The molecule has 0 saturated carbocycles. The average Bonchev–Trinajstić information content (AvgIpc) is 2.25. The van der Waals surface area contributed by atoms with E-state index in [4.69, 9.17) is 21.1 Å². The lowest BCUT2D eigenvalue weighted by Crippen LogP contribution is -2.22. The number of rotatable bonds is 5. The molecule has 0 fully saturated rings. The van der Waals surface area contributed by atoms with Crippen molar-refractivity contribution in [2.24, 2.45) is 11.6 Å². The maximum atomic E-state index is 5.73. The molecule has 0 radical (unpaired) electrons. The van der Waals surface area contributed by atoms with Gasteiger partial charge in [-0.1, -0.05) is 6.07 Å². The van der Waals surface area contributed by atoms with E-state index in [9.17, 15) is 0 Å². The molecule has 1 rings (SSSR count). The number of hydrogen-bond acceptors (Lipinski definition) is 5. The van der Waals surface area contributed by atoms with Crippen LogP contribution >= 0.6 is 0 Å². The lowest BCUT2D eigenvalue weighted by Gasteiger charge is -2.12. The summed E-state index contributed by atoms with van der Waals surface area (Å²) in [5.41, 5.74) is 7.36. The molecule has 0 aliphatic heterocycles. The zero-order chi connectivity index (χ0) is 12.8. The van der Waals surface area contributed by atoms with Gasteiger partial charge in [0.2, 0.25) is 0 Å². The van der Waals surface area contributed by atoms with E-state index in [1.54, 1.807) is 20.4 Å². The average molecular weight is 237 g/mol. The monoisotopic (exact) mass is 237 g/mol. The van der Waals surface area contributed by atoms with Crippen molar-refractivity contribution in [1.29, 1.82) is 0 Å². The van der Waals surface area contributed by atoms with E-state index in [0.29, 0.717) is 17.2 Å². The molecule has 5 nitrogen and oxygen atoms in total. The fourth-order valence-electron chi connectivity index (χ4n) is 1.36. The number of ether oxygens (including phenoxy) is 2. The zero-order valence-corrected chi connectivity index (χ0v) is 10.4. The second-order valence-electron chi connectivity index (χ2n) is 3.81. The molecule has 0 heterocycles. The first-order valence-electron chi connectivity index (χ1n) is 5.24. The molecule has 0 saturated heterocycles. The number of aryl methyl sites for hydroxylation is 1. The third-order valence-corrected chi connectivity index (χ3v) is 2.08. The quantitative estimate of drug-likeness (QED) is 0.590. The van der Waals surface area contributed by atoms with Crippen molar-refractivity contribution in [1.82, 2.24) is 5.01 Å². The highest BCUT2D eigenvalue weighted by molar-refractivity contribution is 5.42. The predicted octanol–water partition coefficient (Wildman–Crippen LogP) is 0.988. The zero-order valence-electron chi connectivity index (χ0n) is 10.4. The van der Waals surface area contributed by atoms with E-state index in [2.05, 4.69) is 0 Å². The Morgan fingerprint density at radius 1 is 1.41 bits per heavy atom. The Kier molecular flexibility index (Phi) is 4.66. The highest BCUT2D eigenvalue weighted by Gasteiger charge is 2.04. The van der Waals surface area contributed by atoms with E-state index in [0.717, 1.165) is 5.56 Å². The Labute approximate surface area is 102 Å². The number of hydrazine groups is 1. The molecule has 4 N–H and O–H groups in total. The topological polar surface area (TPSA) is 73.7 Å². The molecule has 17 heavy (non-hydrogen) atoms. The minimum Gasteiger partial charge on any atom is -0.493 e. The summed E-state index contributed by atoms with van der Waals surface area (Å²) in [4.78, 5) is 0. The van der Waals surface area contributed by atoms with E-state index in [1.165, 1.54) is 5.01 Å². The minimum atomic E-state index is 0.265. The normalized spacial score (nSPS) is 11.2. The number of methoxy groups -OCH3 is 1. The maximum Gasteiger partial charge on any atom is 0.162 e. The molecule has 0 aliphatic rings. The fourth-order valence-corrected chi connectivity index (χ4v) is 1.36. The lowest BCUT2D eigenvalue weighted by molar-refractivity contribution is 0.315. The maximum absolute atomic E-state index is 5.73. The van der Waals surface area contributed by atoms with Gasteiger partial charge in [0.1, 0.15) is 6.61 Å². The van der Waals surface area contributed by atoms with Crippen LogP contribution < -0.4 is 21.1 Å². The first-order valence-corrected chi connectivity index (χ1v) is 5.24. The molecule has 5 heteroatoms. The van der Waals surface area contributed by atoms with Gasteiger partial charge in [-0.15, -0.1) is 0 Å². The summed E-state index contributed by atoms with van der Waals surface area (Å²) in [7, 11) is 3.30. The van der Waals surface area contributed by atoms with Crippen LogP contribution in [-0.2, 0) is 0 Å². The molecule has 0 bridgehead atoms. The molecule has 0 unspecified atom stereocenters. The van der Waals surface area contributed by atoms with Gasteiger partial charge in [-0.05, 0) is 24.6 Å². The Hall–Kier alpha value is -1.88. The molecule has 0 aromatic heterocycles. The smallest absolute Gasteiger partial charge is 0.162 e. The SMILES string of the molecule is COc1ccc(C)cc1OC/C(N)=C/N(C)N. The molecular formula is C12H19N3O2. The van der Waals surface area contributed by atoms with Crippen molar-refractivity contribution < 1.29 is 9.47 Å². The van der Waals surface area contributed by atoms with Gasteiger partial charge in [0, 0.05) is 13.2 Å². The van der Waals surface area contributed by atoms with Gasteiger partial charge in [0.25, 0.3) is 0 Å². The molecule has 94 valence electrons. The minimum absolute atomic E-state index is 0.265. The van der Waals surface area contributed by atoms with Crippen molar-refractivity contribution in [2.45, 2.75) is 6.92 Å². The predicted molar refractivity (Wildman–Crippen MR) is 67.4 cm³/mol. The highest BCUT2D eigenvalue weighted by atomic mass is 16.5. The summed E-state index contributed by atoms with van der Waals surface area (Å²) in [5, 5.41) is 1.38. The van der Waals surface area contributed by atoms with Crippen molar-refractivity contribution in [3.63, 3.8) is 0 Å². The molecule has 0 aliphatic carbocycles. The van der Waals surface area contributed by atoms with Gasteiger partial charge in [-0.2, -0.15) is 0 Å². The van der Waals surface area contributed by atoms with Gasteiger partial charge in [-0.3, -0.25) is 0 Å². The van der Waals surface area contributed by atoms with Crippen molar-refractivity contribution >= 4 is 0 Å². The van der Waals surface area contributed by atoms with Gasteiger partial charge >= 0.3 is 0 Å². The number of nitrogens with two attached hydrogens (primary N) is 2. The summed E-state index contributed by atoms with van der Waals surface area (Å²) >= 11 is 0. The third-order valence-electron chi connectivity index (χ3n) is 2.08. The first-order chi connectivity index (χ1) is 8.02. The van der Waals surface area contributed by atoms with Gasteiger partial charge in [0.05, 0.1) is 12.8 Å². The Morgan fingerprint density at radius 2 is 2.12 bits per heavy atom. The van der Waals surface area contributed by atoms with Crippen molar-refractivity contribution in [2.75, 3.05) is 20.8 Å². The molecule has 0 spiro atoms. The number of benzene rings is 1. The number of nitrogens with zero attached hydrogens (tertiary/aromatic N) is 1. The van der Waals surface area contributed by atoms with Gasteiger partial charge in [-0.25, -0.2) is 5.84 Å². The van der Waals surface area contributed by atoms with Crippen LogP contribution in [-0.4, -0.2) is 25.8 Å². The Balaban J connectivity index is 2.71. The summed E-state index contributed by atoms with van der Waals surface area (Å²) in [6, 6.07) is 5.72. The second kappa shape index (κ2) is 6.00. The molecule has 1 aromatic rings. The highest BCUT2D eigenvalue weighted by Crippen LogP contribution is 2.27. The van der Waals surface area contributed by atoms with Crippen LogP contribution in [0.5, 0.6) is 11.5 Å². The molecule has 1 aromatic carbocycles. The number of hydrogen-bond donors (Lipinski definition) is 2. The van der Waals surface area contributed by atoms with Crippen LogP contribution in [0, 0.1) is 6.92 Å². The standard InChI is InChI=1S/C12H19N3O2/c1-9-4-5-11(16-3)12(6-9)17-8-10(13)7-15(2)14/h4-7H,8,13-14H2,1-3H3/b10-7-. The van der Waals surface area contributed by atoms with Crippen molar-refractivity contribution in [3.05, 3.63) is 35.7 Å². The van der Waals surface area contributed by atoms with E-state index >= 15 is 0 Å². The van der Waals surface area contributed by atoms with Gasteiger partial charge < -0.3 is 20.2 Å². The van der Waals surface area contributed by atoms with E-state index in [-0.39, 0.29) is 6.61 Å². The molecule has 0 atom stereocenters. The Bertz CT molecular complexity index is 403. The lowest BCUT2D eigenvalue weighted by atomic mass is 10.2. The summed E-state index contributed by atoms with van der Waals surface area (Å²) < 4.78 is 10.8. The Morgan fingerprint density at radius 3 is 2.71 bits per heavy atom. The van der Waals surface area contributed by atoms with Crippen LogP contribution in [0.2, 0.25) is 0 Å². The van der Waals surface area contributed by atoms with Crippen LogP contribution in [0.25, 0.3) is 0 Å². The van der Waals surface area contributed by atoms with Crippen LogP contribution in [0.15, 0.2) is 30.1 Å². The summed E-state index contributed by atoms with van der Waals surface area (Å²) in [6.07, 6.45) is 1.60. The molecular weight excluding hydrogens is 218 g/mol. The second-order valence-corrected chi connectivity index (χ2v) is 3.81. The van der Waals surface area contributed by atoms with Crippen molar-refractivity contribution in [3.8, 4) is 11.5 Å². The first kappa shape index (κ1) is 13.2. The van der Waals surface area contributed by atoms with Crippen LogP contribution in [0.1, 0.15) is 5.56 Å². The van der Waals surface area contributed by atoms with Crippen LogP contribution in [0.4, 0.5) is 0 Å².